The molecule has 118 valence electrons. The van der Waals surface area contributed by atoms with Gasteiger partial charge in [-0.25, -0.2) is 8.42 Å². The molecule has 4 nitrogen and oxygen atoms in total. The molecule has 0 spiro atoms. The van der Waals surface area contributed by atoms with E-state index in [1.807, 2.05) is 6.07 Å². The summed E-state index contributed by atoms with van der Waals surface area (Å²) in [7, 11) is -3.33. The fourth-order valence-corrected chi connectivity index (χ4v) is 6.31. The molecule has 0 aromatic carbocycles. The quantitative estimate of drug-likeness (QED) is 0.785. The third-order valence-corrected chi connectivity index (χ3v) is 8.26. The number of alkyl halides is 1. The van der Waals surface area contributed by atoms with E-state index in [-0.39, 0.29) is 0 Å². The fourth-order valence-electron chi connectivity index (χ4n) is 3.21. The van der Waals surface area contributed by atoms with Gasteiger partial charge >= 0.3 is 0 Å². The highest BCUT2D eigenvalue weighted by Gasteiger charge is 2.36. The number of thiophene rings is 1. The number of hydrogen-bond donors (Lipinski definition) is 0. The second kappa shape index (κ2) is 6.54. The van der Waals surface area contributed by atoms with E-state index in [1.165, 1.54) is 30.6 Å². The van der Waals surface area contributed by atoms with Crippen LogP contribution in [-0.2, 0) is 15.9 Å². The third-order valence-electron chi connectivity index (χ3n) is 4.40. The van der Waals surface area contributed by atoms with Crippen LogP contribution < -0.4 is 0 Å². The van der Waals surface area contributed by atoms with Crippen LogP contribution >= 0.6 is 22.9 Å². The van der Waals surface area contributed by atoms with Crippen molar-refractivity contribution in [3.8, 4) is 0 Å². The summed E-state index contributed by atoms with van der Waals surface area (Å²) < 4.78 is 27.4. The van der Waals surface area contributed by atoms with E-state index in [0.717, 1.165) is 24.4 Å². The Kier molecular flexibility index (Phi) is 4.90. The molecule has 3 heterocycles. The molecule has 0 bridgehead atoms. The van der Waals surface area contributed by atoms with Crippen LogP contribution in [0.3, 0.4) is 0 Å². The molecule has 1 aromatic rings. The molecular weight excluding hydrogens is 328 g/mol. The predicted molar refractivity (Wildman–Crippen MR) is 86.5 cm³/mol. The van der Waals surface area contributed by atoms with Crippen LogP contribution in [0.5, 0.6) is 0 Å². The van der Waals surface area contributed by atoms with Crippen molar-refractivity contribution in [1.29, 1.82) is 0 Å². The maximum absolute atomic E-state index is 12.7. The molecule has 0 N–H and O–H groups in total. The van der Waals surface area contributed by atoms with E-state index in [4.69, 9.17) is 11.6 Å². The number of hydrogen-bond acceptors (Lipinski definition) is 4. The number of halogens is 1. The van der Waals surface area contributed by atoms with Crippen molar-refractivity contribution in [3.63, 3.8) is 0 Å². The monoisotopic (exact) mass is 348 g/mol. The first-order valence-electron chi connectivity index (χ1n) is 7.50. The van der Waals surface area contributed by atoms with Crippen molar-refractivity contribution in [2.75, 3.05) is 26.2 Å². The average Bonchev–Trinajstić information content (AvgIpc) is 3.18. The molecule has 3 rings (SSSR count). The zero-order chi connectivity index (χ0) is 14.9. The molecule has 0 amide bonds. The number of piperidine rings is 1. The third kappa shape index (κ3) is 3.29. The van der Waals surface area contributed by atoms with Crippen LogP contribution in [0.2, 0.25) is 0 Å². The molecule has 1 atom stereocenters. The van der Waals surface area contributed by atoms with Gasteiger partial charge in [0.25, 0.3) is 10.0 Å². The summed E-state index contributed by atoms with van der Waals surface area (Å²) in [6.45, 7) is 3.51. The van der Waals surface area contributed by atoms with Crippen LogP contribution in [-0.4, -0.2) is 49.8 Å². The van der Waals surface area contributed by atoms with E-state index < -0.39 is 10.0 Å². The van der Waals surface area contributed by atoms with Gasteiger partial charge in [-0.1, -0.05) is 6.42 Å². The molecule has 1 aromatic heterocycles. The number of likely N-dealkylation sites (tertiary alicyclic amines) is 1. The smallest absolute Gasteiger partial charge is 0.252 e. The van der Waals surface area contributed by atoms with Crippen molar-refractivity contribution in [1.82, 2.24) is 9.21 Å². The van der Waals surface area contributed by atoms with E-state index in [2.05, 4.69) is 4.90 Å². The molecule has 0 saturated carbocycles. The lowest BCUT2D eigenvalue weighted by Crippen LogP contribution is -2.41. The van der Waals surface area contributed by atoms with E-state index in [1.54, 1.807) is 10.4 Å². The van der Waals surface area contributed by atoms with Crippen LogP contribution in [0.1, 0.15) is 30.6 Å². The van der Waals surface area contributed by atoms with Gasteiger partial charge < -0.3 is 0 Å². The maximum Gasteiger partial charge on any atom is 0.252 e. The summed E-state index contributed by atoms with van der Waals surface area (Å²) in [5, 5.41) is 0. The van der Waals surface area contributed by atoms with E-state index in [0.29, 0.717) is 29.2 Å². The Bertz CT molecular complexity index is 582. The normalized spacial score (nSPS) is 25.5. The summed E-state index contributed by atoms with van der Waals surface area (Å²) in [4.78, 5) is 3.37. The summed E-state index contributed by atoms with van der Waals surface area (Å²) >= 11 is 7.06. The minimum Gasteiger partial charge on any atom is -0.299 e. The highest BCUT2D eigenvalue weighted by Crippen LogP contribution is 2.29. The largest absolute Gasteiger partial charge is 0.299 e. The van der Waals surface area contributed by atoms with Gasteiger partial charge in [0.2, 0.25) is 0 Å². The molecule has 2 saturated heterocycles. The van der Waals surface area contributed by atoms with Crippen LogP contribution in [0.25, 0.3) is 0 Å². The molecule has 7 heteroatoms. The van der Waals surface area contributed by atoms with Gasteiger partial charge in [-0.05, 0) is 44.5 Å². The first kappa shape index (κ1) is 15.7. The van der Waals surface area contributed by atoms with E-state index in [9.17, 15) is 8.42 Å². The number of rotatable bonds is 4. The molecule has 21 heavy (non-hydrogen) atoms. The predicted octanol–water partition coefficient (Wildman–Crippen LogP) is 2.74. The second-order valence-electron chi connectivity index (χ2n) is 5.76. The van der Waals surface area contributed by atoms with Crippen LogP contribution in [0, 0.1) is 0 Å². The Morgan fingerprint density at radius 3 is 2.62 bits per heavy atom. The van der Waals surface area contributed by atoms with Crippen molar-refractivity contribution in [2.24, 2.45) is 0 Å². The summed E-state index contributed by atoms with van der Waals surface area (Å²) in [6.07, 6.45) is 4.75. The van der Waals surface area contributed by atoms with Crippen molar-refractivity contribution >= 4 is 33.0 Å². The van der Waals surface area contributed by atoms with E-state index >= 15 is 0 Å². The van der Waals surface area contributed by atoms with Gasteiger partial charge in [-0.3, -0.25) is 4.90 Å². The van der Waals surface area contributed by atoms with Crippen molar-refractivity contribution in [3.05, 3.63) is 17.0 Å². The standard InChI is InChI=1S/C14H21ClN2O2S2/c15-10-13-4-5-14(20-13)21(18,19)17-9-6-12(11-17)16-7-2-1-3-8-16/h4-5,12H,1-3,6-11H2. The van der Waals surface area contributed by atoms with Gasteiger partial charge in [-0.15, -0.1) is 22.9 Å². The fraction of sp³-hybridized carbons (Fsp3) is 0.714. The molecule has 2 aliphatic rings. The SMILES string of the molecule is O=S(=O)(c1ccc(CCl)s1)N1CCC(N2CCCCC2)C1. The van der Waals surface area contributed by atoms with Gasteiger partial charge in [0.15, 0.2) is 0 Å². The highest BCUT2D eigenvalue weighted by atomic mass is 35.5. The van der Waals surface area contributed by atoms with Gasteiger partial charge in [0.05, 0.1) is 5.88 Å². The molecule has 2 fully saturated rings. The molecular formula is C14H21ClN2O2S2. The average molecular weight is 349 g/mol. The van der Waals surface area contributed by atoms with Crippen LogP contribution in [0.15, 0.2) is 16.3 Å². The Balaban J connectivity index is 1.69. The summed E-state index contributed by atoms with van der Waals surface area (Å²) in [5.41, 5.74) is 0. The topological polar surface area (TPSA) is 40.6 Å². The zero-order valence-corrected chi connectivity index (χ0v) is 14.4. The molecule has 2 aliphatic heterocycles. The van der Waals surface area contributed by atoms with Crippen molar-refractivity contribution < 1.29 is 8.42 Å². The maximum atomic E-state index is 12.7. The lowest BCUT2D eigenvalue weighted by Gasteiger charge is -2.32. The second-order valence-corrected chi connectivity index (χ2v) is 9.36. The number of nitrogens with zero attached hydrogens (tertiary/aromatic N) is 2. The number of sulfonamides is 1. The Labute approximate surface area is 135 Å². The Hall–Kier alpha value is -0.140. The van der Waals surface area contributed by atoms with Gasteiger partial charge in [0, 0.05) is 24.0 Å². The zero-order valence-electron chi connectivity index (χ0n) is 12.0. The lowest BCUT2D eigenvalue weighted by atomic mass is 10.1. The first-order chi connectivity index (χ1) is 10.1. The summed E-state index contributed by atoms with van der Waals surface area (Å²) in [6, 6.07) is 3.89. The van der Waals surface area contributed by atoms with Crippen molar-refractivity contribution in [2.45, 2.75) is 41.8 Å². The van der Waals surface area contributed by atoms with Gasteiger partial charge in [-0.2, -0.15) is 4.31 Å². The first-order valence-corrected chi connectivity index (χ1v) is 10.3. The Morgan fingerprint density at radius 1 is 1.19 bits per heavy atom. The molecule has 1 unspecified atom stereocenters. The molecule has 0 aliphatic carbocycles. The lowest BCUT2D eigenvalue weighted by molar-refractivity contribution is 0.169. The summed E-state index contributed by atoms with van der Waals surface area (Å²) in [5.74, 6) is 0.372. The minimum atomic E-state index is -3.33. The Morgan fingerprint density at radius 2 is 1.95 bits per heavy atom. The van der Waals surface area contributed by atoms with Gasteiger partial charge in [0.1, 0.15) is 4.21 Å². The highest BCUT2D eigenvalue weighted by molar-refractivity contribution is 7.91. The minimum absolute atomic E-state index is 0.372. The molecule has 0 radical (unpaired) electrons. The van der Waals surface area contributed by atoms with Crippen LogP contribution in [0.4, 0.5) is 0 Å².